The molecule has 1 aliphatic rings. The number of hydrogen-bond acceptors (Lipinski definition) is 3. The van der Waals surface area contributed by atoms with E-state index in [1.807, 2.05) is 12.1 Å². The molecule has 3 nitrogen and oxygen atoms in total. The summed E-state index contributed by atoms with van der Waals surface area (Å²) in [5, 5.41) is 2.34. The van der Waals surface area contributed by atoms with Gasteiger partial charge in [0.1, 0.15) is 5.58 Å². The highest BCUT2D eigenvalue weighted by Gasteiger charge is 2.26. The molecule has 0 unspecified atom stereocenters. The Hall–Kier alpha value is -2.94. The number of benzene rings is 3. The maximum Gasteiger partial charge on any atom is 0.159 e. The summed E-state index contributed by atoms with van der Waals surface area (Å²) in [6.45, 7) is 0.829. The number of nitrogens with zero attached hydrogens (tertiary/aromatic N) is 2. The first-order valence-corrected chi connectivity index (χ1v) is 7.81. The summed E-state index contributed by atoms with van der Waals surface area (Å²) in [5.74, 6) is 0. The fraction of sp³-hybridized carbons (Fsp3) is 0.100. The maximum absolute atomic E-state index is 6.19. The molecule has 0 radical (unpaired) electrons. The molecule has 3 heteroatoms. The molecule has 0 spiro atoms. The molecule has 3 aromatic carbocycles. The Morgan fingerprint density at radius 3 is 2.35 bits per heavy atom. The van der Waals surface area contributed by atoms with Crippen molar-refractivity contribution in [1.29, 1.82) is 0 Å². The van der Waals surface area contributed by atoms with Crippen LogP contribution in [-0.2, 0) is 0 Å². The van der Waals surface area contributed by atoms with Crippen LogP contribution in [0.4, 0.5) is 17.1 Å². The monoisotopic (exact) mass is 300 g/mol. The van der Waals surface area contributed by atoms with Crippen molar-refractivity contribution < 1.29 is 4.42 Å². The average Bonchev–Trinajstić information content (AvgIpc) is 3.13. The maximum atomic E-state index is 6.19. The van der Waals surface area contributed by atoms with Crippen molar-refractivity contribution in [2.45, 2.75) is 0 Å². The largest absolute Gasteiger partial charge is 0.454 e. The van der Waals surface area contributed by atoms with E-state index >= 15 is 0 Å². The number of anilines is 3. The van der Waals surface area contributed by atoms with Gasteiger partial charge < -0.3 is 14.2 Å². The third-order valence-electron chi connectivity index (χ3n) is 4.61. The number of fused-ring (bicyclic) bond motifs is 4. The molecule has 0 atom stereocenters. The van der Waals surface area contributed by atoms with E-state index in [0.717, 1.165) is 23.5 Å². The van der Waals surface area contributed by atoms with E-state index in [0.29, 0.717) is 0 Å². The van der Waals surface area contributed by atoms with Gasteiger partial charge in [0.2, 0.25) is 0 Å². The SMILES string of the molecule is CN1CN(c2cccc3c2oc2ccccc23)c2ccccc21. The molecular weight excluding hydrogens is 284 g/mol. The number of para-hydroxylation sites is 4. The van der Waals surface area contributed by atoms with Gasteiger partial charge in [-0.05, 0) is 24.3 Å². The highest BCUT2D eigenvalue weighted by Crippen LogP contribution is 2.43. The zero-order chi connectivity index (χ0) is 15.4. The topological polar surface area (TPSA) is 19.6 Å². The van der Waals surface area contributed by atoms with Crippen LogP contribution >= 0.6 is 0 Å². The molecule has 1 aromatic heterocycles. The molecule has 0 N–H and O–H groups in total. The first kappa shape index (κ1) is 12.6. The molecule has 5 rings (SSSR count). The summed E-state index contributed by atoms with van der Waals surface area (Å²) in [6.07, 6.45) is 0. The fourth-order valence-corrected chi connectivity index (χ4v) is 3.53. The molecule has 0 fully saturated rings. The van der Waals surface area contributed by atoms with Crippen LogP contribution in [0, 0.1) is 0 Å². The number of hydrogen-bond donors (Lipinski definition) is 0. The normalized spacial score (nSPS) is 14.0. The molecule has 0 saturated heterocycles. The minimum absolute atomic E-state index is 0.829. The molecule has 1 aliphatic heterocycles. The Bertz CT molecular complexity index is 1030. The van der Waals surface area contributed by atoms with Crippen LogP contribution in [0.2, 0.25) is 0 Å². The lowest BCUT2D eigenvalue weighted by Gasteiger charge is -2.19. The molecule has 0 amide bonds. The van der Waals surface area contributed by atoms with Crippen molar-refractivity contribution in [3.8, 4) is 0 Å². The molecule has 0 saturated carbocycles. The van der Waals surface area contributed by atoms with Gasteiger partial charge >= 0.3 is 0 Å². The van der Waals surface area contributed by atoms with E-state index in [-0.39, 0.29) is 0 Å². The van der Waals surface area contributed by atoms with Gasteiger partial charge in [-0.25, -0.2) is 0 Å². The summed E-state index contributed by atoms with van der Waals surface area (Å²) >= 11 is 0. The van der Waals surface area contributed by atoms with E-state index in [4.69, 9.17) is 4.42 Å². The zero-order valence-electron chi connectivity index (χ0n) is 12.9. The Morgan fingerprint density at radius 2 is 1.43 bits per heavy atom. The Labute approximate surface area is 134 Å². The van der Waals surface area contributed by atoms with Crippen LogP contribution in [0.25, 0.3) is 21.9 Å². The average molecular weight is 300 g/mol. The van der Waals surface area contributed by atoms with E-state index in [9.17, 15) is 0 Å². The van der Waals surface area contributed by atoms with Crippen LogP contribution in [0.5, 0.6) is 0 Å². The lowest BCUT2D eigenvalue weighted by molar-refractivity contribution is 0.668. The van der Waals surface area contributed by atoms with E-state index in [1.54, 1.807) is 0 Å². The molecule has 2 heterocycles. The first-order valence-electron chi connectivity index (χ1n) is 7.81. The van der Waals surface area contributed by atoms with Crippen molar-refractivity contribution in [1.82, 2.24) is 0 Å². The quantitative estimate of drug-likeness (QED) is 0.486. The standard InChI is InChI=1S/C20H16N2O/c1-21-13-22(17-10-4-3-9-16(17)21)18-11-6-8-15-14-7-2-5-12-19(14)23-20(15)18/h2-12H,13H2,1H3. The summed E-state index contributed by atoms with van der Waals surface area (Å²) in [6, 6.07) is 23.1. The summed E-state index contributed by atoms with van der Waals surface area (Å²) in [4.78, 5) is 4.58. The Balaban J connectivity index is 1.79. The Kier molecular flexibility index (Phi) is 2.48. The second kappa shape index (κ2) is 4.53. The minimum atomic E-state index is 0.829. The highest BCUT2D eigenvalue weighted by molar-refractivity contribution is 6.09. The summed E-state index contributed by atoms with van der Waals surface area (Å²) in [5.41, 5.74) is 5.49. The second-order valence-corrected chi connectivity index (χ2v) is 6.01. The molecule has 0 bridgehead atoms. The molecule has 23 heavy (non-hydrogen) atoms. The van der Waals surface area contributed by atoms with Crippen molar-refractivity contribution in [2.75, 3.05) is 23.5 Å². The van der Waals surface area contributed by atoms with Crippen molar-refractivity contribution >= 4 is 39.0 Å². The van der Waals surface area contributed by atoms with Crippen LogP contribution in [-0.4, -0.2) is 13.7 Å². The van der Waals surface area contributed by atoms with Crippen LogP contribution in [0.1, 0.15) is 0 Å². The molecule has 4 aromatic rings. The van der Waals surface area contributed by atoms with Gasteiger partial charge in [0.05, 0.1) is 23.7 Å². The Morgan fingerprint density at radius 1 is 0.739 bits per heavy atom. The summed E-state index contributed by atoms with van der Waals surface area (Å²) in [7, 11) is 2.12. The van der Waals surface area contributed by atoms with Gasteiger partial charge in [-0.2, -0.15) is 0 Å². The van der Waals surface area contributed by atoms with Crippen LogP contribution < -0.4 is 9.80 Å². The van der Waals surface area contributed by atoms with E-state index in [1.165, 1.54) is 22.1 Å². The lowest BCUT2D eigenvalue weighted by Crippen LogP contribution is -2.24. The first-order chi connectivity index (χ1) is 11.3. The van der Waals surface area contributed by atoms with Crippen LogP contribution in [0.15, 0.2) is 71.1 Å². The molecule has 0 aliphatic carbocycles. The van der Waals surface area contributed by atoms with Gasteiger partial charge in [-0.15, -0.1) is 0 Å². The van der Waals surface area contributed by atoms with Gasteiger partial charge in [0, 0.05) is 17.8 Å². The highest BCUT2D eigenvalue weighted by atomic mass is 16.3. The van der Waals surface area contributed by atoms with E-state index in [2.05, 4.69) is 71.4 Å². The number of furan rings is 1. The van der Waals surface area contributed by atoms with E-state index < -0.39 is 0 Å². The van der Waals surface area contributed by atoms with Gasteiger partial charge in [-0.1, -0.05) is 42.5 Å². The molecular formula is C20H16N2O. The van der Waals surface area contributed by atoms with Gasteiger partial charge in [0.15, 0.2) is 5.58 Å². The minimum Gasteiger partial charge on any atom is -0.454 e. The third kappa shape index (κ3) is 1.70. The van der Waals surface area contributed by atoms with Gasteiger partial charge in [-0.3, -0.25) is 0 Å². The number of rotatable bonds is 1. The van der Waals surface area contributed by atoms with Gasteiger partial charge in [0.25, 0.3) is 0 Å². The smallest absolute Gasteiger partial charge is 0.159 e. The summed E-state index contributed by atoms with van der Waals surface area (Å²) < 4.78 is 6.19. The van der Waals surface area contributed by atoms with Crippen molar-refractivity contribution in [3.63, 3.8) is 0 Å². The van der Waals surface area contributed by atoms with Crippen LogP contribution in [0.3, 0.4) is 0 Å². The third-order valence-corrected chi connectivity index (χ3v) is 4.61. The fourth-order valence-electron chi connectivity index (χ4n) is 3.53. The predicted octanol–water partition coefficient (Wildman–Crippen LogP) is 5.13. The molecule has 112 valence electrons. The lowest BCUT2D eigenvalue weighted by atomic mass is 10.1. The predicted molar refractivity (Wildman–Crippen MR) is 95.6 cm³/mol. The van der Waals surface area contributed by atoms with Crippen molar-refractivity contribution in [3.05, 3.63) is 66.7 Å². The zero-order valence-corrected chi connectivity index (χ0v) is 12.9. The second-order valence-electron chi connectivity index (χ2n) is 6.01. The van der Waals surface area contributed by atoms with Crippen molar-refractivity contribution in [2.24, 2.45) is 0 Å².